The van der Waals surface area contributed by atoms with Crippen LogP contribution in [0.4, 0.5) is 0 Å². The average molecular weight is 236 g/mol. The van der Waals surface area contributed by atoms with Gasteiger partial charge in [-0.15, -0.1) is 0 Å². The van der Waals surface area contributed by atoms with Gasteiger partial charge in [0.05, 0.1) is 0 Å². The number of hydrogen-bond donors (Lipinski definition) is 2. The molecular formula is C15H24O2. The van der Waals surface area contributed by atoms with E-state index in [4.69, 9.17) is 0 Å². The van der Waals surface area contributed by atoms with Crippen LogP contribution in [-0.4, -0.2) is 10.2 Å². The van der Waals surface area contributed by atoms with Crippen molar-refractivity contribution in [2.45, 2.75) is 59.3 Å². The number of rotatable bonds is 6. The molecular weight excluding hydrogens is 212 g/mol. The molecule has 96 valence electrons. The van der Waals surface area contributed by atoms with Crippen LogP contribution in [0.25, 0.3) is 0 Å². The lowest BCUT2D eigenvalue weighted by Gasteiger charge is -2.15. The lowest BCUT2D eigenvalue weighted by Crippen LogP contribution is -1.99. The minimum Gasteiger partial charge on any atom is -0.504 e. The quantitative estimate of drug-likeness (QED) is 0.730. The summed E-state index contributed by atoms with van der Waals surface area (Å²) in [6, 6.07) is 1.68. The van der Waals surface area contributed by atoms with E-state index in [1.807, 2.05) is 6.92 Å². The van der Waals surface area contributed by atoms with Crippen LogP contribution >= 0.6 is 0 Å². The van der Waals surface area contributed by atoms with Gasteiger partial charge in [0.15, 0.2) is 11.5 Å². The van der Waals surface area contributed by atoms with E-state index in [0.717, 1.165) is 49.7 Å². The molecule has 2 heteroatoms. The molecule has 0 radical (unpaired) electrons. The molecule has 0 heterocycles. The SMILES string of the molecule is CCCCc1c(C)cc(O)c(O)c1CCCC. The molecule has 1 rings (SSSR count). The molecule has 1 aromatic carbocycles. The fraction of sp³-hybridized carbons (Fsp3) is 0.600. The number of unbranched alkanes of at least 4 members (excludes halogenated alkanes) is 2. The van der Waals surface area contributed by atoms with Gasteiger partial charge in [0, 0.05) is 5.56 Å². The maximum Gasteiger partial charge on any atom is 0.160 e. The van der Waals surface area contributed by atoms with Gasteiger partial charge >= 0.3 is 0 Å². The van der Waals surface area contributed by atoms with E-state index >= 15 is 0 Å². The van der Waals surface area contributed by atoms with Crippen molar-refractivity contribution in [1.82, 2.24) is 0 Å². The van der Waals surface area contributed by atoms with Gasteiger partial charge in [-0.2, -0.15) is 0 Å². The Bertz CT molecular complexity index is 370. The topological polar surface area (TPSA) is 40.5 Å². The monoisotopic (exact) mass is 236 g/mol. The maximum atomic E-state index is 9.98. The Morgan fingerprint density at radius 1 is 0.941 bits per heavy atom. The minimum absolute atomic E-state index is 0.0221. The molecule has 0 aliphatic rings. The van der Waals surface area contributed by atoms with Crippen LogP contribution in [-0.2, 0) is 12.8 Å². The lowest BCUT2D eigenvalue weighted by molar-refractivity contribution is 0.397. The Labute approximate surface area is 104 Å². The first-order valence-electron chi connectivity index (χ1n) is 6.65. The van der Waals surface area contributed by atoms with E-state index in [1.54, 1.807) is 6.07 Å². The van der Waals surface area contributed by atoms with Crippen molar-refractivity contribution >= 4 is 0 Å². The molecule has 0 spiro atoms. The molecule has 0 unspecified atom stereocenters. The zero-order chi connectivity index (χ0) is 12.8. The van der Waals surface area contributed by atoms with Crippen molar-refractivity contribution in [3.63, 3.8) is 0 Å². The highest BCUT2D eigenvalue weighted by molar-refractivity contribution is 5.52. The molecule has 0 atom stereocenters. The molecule has 0 bridgehead atoms. The van der Waals surface area contributed by atoms with E-state index in [9.17, 15) is 10.2 Å². The Balaban J connectivity index is 3.09. The van der Waals surface area contributed by atoms with Crippen molar-refractivity contribution in [2.24, 2.45) is 0 Å². The average Bonchev–Trinajstić information content (AvgIpc) is 2.30. The largest absolute Gasteiger partial charge is 0.504 e. The number of aromatic hydroxyl groups is 2. The number of phenolic OH excluding ortho intramolecular Hbond substituents is 2. The first-order valence-corrected chi connectivity index (χ1v) is 6.65. The molecule has 0 aromatic heterocycles. The predicted molar refractivity (Wildman–Crippen MR) is 71.7 cm³/mol. The molecule has 0 amide bonds. The summed E-state index contributed by atoms with van der Waals surface area (Å²) in [5.74, 6) is 0.115. The Hall–Kier alpha value is -1.18. The third-order valence-corrected chi connectivity index (χ3v) is 3.28. The van der Waals surface area contributed by atoms with Crippen LogP contribution in [0.1, 0.15) is 56.2 Å². The van der Waals surface area contributed by atoms with Crippen LogP contribution in [0.2, 0.25) is 0 Å². The van der Waals surface area contributed by atoms with Gasteiger partial charge in [0.25, 0.3) is 0 Å². The summed E-state index contributed by atoms with van der Waals surface area (Å²) in [7, 11) is 0. The standard InChI is InChI=1S/C15H24O2/c1-4-6-8-12-11(3)10-14(16)15(17)13(12)9-7-5-2/h10,16-17H,4-9H2,1-3H3. The van der Waals surface area contributed by atoms with Crippen LogP contribution in [0.15, 0.2) is 6.07 Å². The van der Waals surface area contributed by atoms with Crippen LogP contribution in [0.3, 0.4) is 0 Å². The van der Waals surface area contributed by atoms with E-state index in [1.165, 1.54) is 5.56 Å². The van der Waals surface area contributed by atoms with Gasteiger partial charge in [0.1, 0.15) is 0 Å². The number of aryl methyl sites for hydroxylation is 1. The van der Waals surface area contributed by atoms with Gasteiger partial charge in [-0.1, -0.05) is 26.7 Å². The van der Waals surface area contributed by atoms with Gasteiger partial charge in [-0.3, -0.25) is 0 Å². The Morgan fingerprint density at radius 3 is 2.00 bits per heavy atom. The molecule has 0 aliphatic heterocycles. The highest BCUT2D eigenvalue weighted by Crippen LogP contribution is 2.35. The summed E-state index contributed by atoms with van der Waals surface area (Å²) < 4.78 is 0. The number of hydrogen-bond acceptors (Lipinski definition) is 2. The zero-order valence-electron chi connectivity index (χ0n) is 11.2. The molecule has 0 saturated heterocycles. The summed E-state index contributed by atoms with van der Waals surface area (Å²) in [6.45, 7) is 6.32. The molecule has 1 aromatic rings. The summed E-state index contributed by atoms with van der Waals surface area (Å²) in [6.07, 6.45) is 6.28. The second-order valence-corrected chi connectivity index (χ2v) is 4.73. The van der Waals surface area contributed by atoms with Gasteiger partial charge < -0.3 is 10.2 Å². The van der Waals surface area contributed by atoms with Gasteiger partial charge in [0.2, 0.25) is 0 Å². The van der Waals surface area contributed by atoms with Gasteiger partial charge in [-0.25, -0.2) is 0 Å². The fourth-order valence-corrected chi connectivity index (χ4v) is 2.22. The van der Waals surface area contributed by atoms with Crippen LogP contribution in [0.5, 0.6) is 11.5 Å². The van der Waals surface area contributed by atoms with E-state index in [-0.39, 0.29) is 11.5 Å². The second kappa shape index (κ2) is 6.53. The van der Waals surface area contributed by atoms with E-state index < -0.39 is 0 Å². The maximum absolute atomic E-state index is 9.98. The molecule has 0 saturated carbocycles. The normalized spacial score (nSPS) is 10.8. The van der Waals surface area contributed by atoms with Crippen molar-refractivity contribution in [3.8, 4) is 11.5 Å². The van der Waals surface area contributed by atoms with Crippen molar-refractivity contribution in [3.05, 3.63) is 22.8 Å². The Morgan fingerprint density at radius 2 is 1.47 bits per heavy atom. The molecule has 0 aliphatic carbocycles. The van der Waals surface area contributed by atoms with Crippen molar-refractivity contribution < 1.29 is 10.2 Å². The third-order valence-electron chi connectivity index (χ3n) is 3.28. The predicted octanol–water partition coefficient (Wildman–Crippen LogP) is 4.09. The molecule has 17 heavy (non-hydrogen) atoms. The Kier molecular flexibility index (Phi) is 5.33. The van der Waals surface area contributed by atoms with Crippen LogP contribution < -0.4 is 0 Å². The summed E-state index contributed by atoms with van der Waals surface area (Å²) in [4.78, 5) is 0. The zero-order valence-corrected chi connectivity index (χ0v) is 11.2. The summed E-state index contributed by atoms with van der Waals surface area (Å²) in [5.41, 5.74) is 3.29. The minimum atomic E-state index is 0.0221. The number of phenols is 2. The third kappa shape index (κ3) is 3.39. The smallest absolute Gasteiger partial charge is 0.160 e. The molecule has 0 fully saturated rings. The summed E-state index contributed by atoms with van der Waals surface area (Å²) in [5, 5.41) is 19.7. The lowest BCUT2D eigenvalue weighted by atomic mass is 9.92. The first-order chi connectivity index (χ1) is 8.11. The second-order valence-electron chi connectivity index (χ2n) is 4.73. The first kappa shape index (κ1) is 13.9. The van der Waals surface area contributed by atoms with E-state index in [0.29, 0.717) is 0 Å². The highest BCUT2D eigenvalue weighted by atomic mass is 16.3. The van der Waals surface area contributed by atoms with Crippen LogP contribution in [0, 0.1) is 6.92 Å². The van der Waals surface area contributed by atoms with Gasteiger partial charge in [-0.05, 0) is 49.8 Å². The molecule has 2 nitrogen and oxygen atoms in total. The fourth-order valence-electron chi connectivity index (χ4n) is 2.22. The number of benzene rings is 1. The summed E-state index contributed by atoms with van der Waals surface area (Å²) >= 11 is 0. The van der Waals surface area contributed by atoms with E-state index in [2.05, 4.69) is 13.8 Å². The van der Waals surface area contributed by atoms with Crippen molar-refractivity contribution in [2.75, 3.05) is 0 Å². The molecule has 2 N–H and O–H groups in total. The van der Waals surface area contributed by atoms with Crippen molar-refractivity contribution in [1.29, 1.82) is 0 Å². The highest BCUT2D eigenvalue weighted by Gasteiger charge is 2.14.